The van der Waals surface area contributed by atoms with Gasteiger partial charge in [-0.05, 0) is 49.0 Å². The summed E-state index contributed by atoms with van der Waals surface area (Å²) in [5.74, 6) is 0.827. The van der Waals surface area contributed by atoms with E-state index in [1.807, 2.05) is 18.3 Å². The Morgan fingerprint density at radius 1 is 1.53 bits per heavy atom. The van der Waals surface area contributed by atoms with Crippen LogP contribution in [-0.4, -0.2) is 16.1 Å². The topological polar surface area (TPSA) is 37.0 Å². The summed E-state index contributed by atoms with van der Waals surface area (Å²) in [7, 11) is 0. The second-order valence-electron chi connectivity index (χ2n) is 4.80. The van der Waals surface area contributed by atoms with Crippen LogP contribution in [0.15, 0.2) is 24.5 Å². The van der Waals surface area contributed by atoms with Gasteiger partial charge in [-0.1, -0.05) is 13.0 Å². The van der Waals surface area contributed by atoms with E-state index in [0.29, 0.717) is 6.04 Å². The number of nitrogens with one attached hydrogen (secondary N) is 2. The molecule has 1 saturated carbocycles. The van der Waals surface area contributed by atoms with Crippen LogP contribution in [0.5, 0.6) is 0 Å². The van der Waals surface area contributed by atoms with Gasteiger partial charge >= 0.3 is 0 Å². The first kappa shape index (κ1) is 12.3. The quantitative estimate of drug-likeness (QED) is 0.806. The molecule has 3 nitrogen and oxygen atoms in total. The SMILES string of the molecule is CC1CCC(NC(=S)NCc2cccnc2)C1. The maximum atomic E-state index is 5.29. The molecule has 2 N–H and O–H groups in total. The molecule has 1 aromatic rings. The largest absolute Gasteiger partial charge is 0.360 e. The van der Waals surface area contributed by atoms with Crippen molar-refractivity contribution in [2.24, 2.45) is 5.92 Å². The van der Waals surface area contributed by atoms with Gasteiger partial charge in [0.05, 0.1) is 0 Å². The Labute approximate surface area is 108 Å². The van der Waals surface area contributed by atoms with Crippen LogP contribution in [0.3, 0.4) is 0 Å². The zero-order valence-corrected chi connectivity index (χ0v) is 11.0. The molecule has 0 aliphatic heterocycles. The first-order chi connectivity index (χ1) is 8.24. The molecule has 4 heteroatoms. The van der Waals surface area contributed by atoms with Crippen LogP contribution in [0.2, 0.25) is 0 Å². The van der Waals surface area contributed by atoms with Crippen molar-refractivity contribution in [3.05, 3.63) is 30.1 Å². The van der Waals surface area contributed by atoms with Crippen molar-refractivity contribution in [3.8, 4) is 0 Å². The van der Waals surface area contributed by atoms with Gasteiger partial charge in [0.15, 0.2) is 5.11 Å². The van der Waals surface area contributed by atoms with E-state index in [1.54, 1.807) is 6.20 Å². The Morgan fingerprint density at radius 3 is 3.06 bits per heavy atom. The van der Waals surface area contributed by atoms with Crippen LogP contribution in [0, 0.1) is 5.92 Å². The van der Waals surface area contributed by atoms with E-state index < -0.39 is 0 Å². The second-order valence-corrected chi connectivity index (χ2v) is 5.21. The Kier molecular flexibility index (Phi) is 4.31. The van der Waals surface area contributed by atoms with Crippen LogP contribution < -0.4 is 10.6 Å². The lowest BCUT2D eigenvalue weighted by molar-refractivity contribution is 0.567. The third-order valence-corrected chi connectivity index (χ3v) is 3.47. The van der Waals surface area contributed by atoms with Gasteiger partial charge in [0, 0.05) is 25.0 Å². The van der Waals surface area contributed by atoms with Crippen molar-refractivity contribution < 1.29 is 0 Å². The maximum absolute atomic E-state index is 5.29. The molecule has 0 radical (unpaired) electrons. The molecule has 1 aliphatic carbocycles. The molecule has 0 amide bonds. The number of aromatic nitrogens is 1. The molecular weight excluding hydrogens is 230 g/mol. The van der Waals surface area contributed by atoms with Gasteiger partial charge in [-0.2, -0.15) is 0 Å². The van der Waals surface area contributed by atoms with E-state index in [2.05, 4.69) is 22.5 Å². The number of rotatable bonds is 3. The molecule has 0 aromatic carbocycles. The monoisotopic (exact) mass is 249 g/mol. The number of thiocarbonyl (C=S) groups is 1. The summed E-state index contributed by atoms with van der Waals surface area (Å²) in [6.07, 6.45) is 7.40. The Balaban J connectivity index is 1.71. The van der Waals surface area contributed by atoms with E-state index in [1.165, 1.54) is 19.3 Å². The highest BCUT2D eigenvalue weighted by atomic mass is 32.1. The number of hydrogen-bond donors (Lipinski definition) is 2. The average molecular weight is 249 g/mol. The molecule has 2 atom stereocenters. The fraction of sp³-hybridized carbons (Fsp3) is 0.538. The molecular formula is C13H19N3S. The van der Waals surface area contributed by atoms with Crippen molar-refractivity contribution in [2.75, 3.05) is 0 Å². The lowest BCUT2D eigenvalue weighted by atomic mass is 10.1. The van der Waals surface area contributed by atoms with Crippen molar-refractivity contribution in [2.45, 2.75) is 38.8 Å². The minimum absolute atomic E-state index is 0.555. The zero-order valence-electron chi connectivity index (χ0n) is 10.1. The minimum atomic E-state index is 0.555. The van der Waals surface area contributed by atoms with Gasteiger partial charge in [-0.15, -0.1) is 0 Å². The average Bonchev–Trinajstić information content (AvgIpc) is 2.73. The van der Waals surface area contributed by atoms with Crippen molar-refractivity contribution in [1.82, 2.24) is 15.6 Å². The predicted octanol–water partition coefficient (Wildman–Crippen LogP) is 2.23. The highest BCUT2D eigenvalue weighted by Gasteiger charge is 2.21. The third kappa shape index (κ3) is 3.97. The van der Waals surface area contributed by atoms with Crippen LogP contribution >= 0.6 is 12.2 Å². The molecule has 1 heterocycles. The van der Waals surface area contributed by atoms with Crippen molar-refractivity contribution >= 4 is 17.3 Å². The molecule has 2 unspecified atom stereocenters. The first-order valence-electron chi connectivity index (χ1n) is 6.17. The Morgan fingerprint density at radius 2 is 2.41 bits per heavy atom. The summed E-state index contributed by atoms with van der Waals surface area (Å²) in [4.78, 5) is 4.07. The van der Waals surface area contributed by atoms with Gasteiger partial charge < -0.3 is 10.6 Å². The standard InChI is InChI=1S/C13H19N3S/c1-10-4-5-12(7-10)16-13(17)15-9-11-3-2-6-14-8-11/h2-3,6,8,10,12H,4-5,7,9H2,1H3,(H2,15,16,17). The van der Waals surface area contributed by atoms with Crippen LogP contribution in [0.4, 0.5) is 0 Å². The molecule has 1 aliphatic rings. The molecule has 0 spiro atoms. The van der Waals surface area contributed by atoms with E-state index in [9.17, 15) is 0 Å². The molecule has 17 heavy (non-hydrogen) atoms. The smallest absolute Gasteiger partial charge is 0.166 e. The van der Waals surface area contributed by atoms with E-state index >= 15 is 0 Å². The van der Waals surface area contributed by atoms with Crippen LogP contribution in [0.25, 0.3) is 0 Å². The Bertz CT molecular complexity index is 366. The van der Waals surface area contributed by atoms with Gasteiger partial charge in [-0.25, -0.2) is 0 Å². The van der Waals surface area contributed by atoms with E-state index in [-0.39, 0.29) is 0 Å². The maximum Gasteiger partial charge on any atom is 0.166 e. The fourth-order valence-corrected chi connectivity index (χ4v) is 2.50. The summed E-state index contributed by atoms with van der Waals surface area (Å²) in [6, 6.07) is 4.53. The lowest BCUT2D eigenvalue weighted by Crippen LogP contribution is -2.40. The third-order valence-electron chi connectivity index (χ3n) is 3.21. The van der Waals surface area contributed by atoms with Crippen molar-refractivity contribution in [3.63, 3.8) is 0 Å². The highest BCUT2D eigenvalue weighted by molar-refractivity contribution is 7.80. The minimum Gasteiger partial charge on any atom is -0.360 e. The van der Waals surface area contributed by atoms with Crippen LogP contribution in [-0.2, 0) is 6.54 Å². The molecule has 92 valence electrons. The summed E-state index contributed by atoms with van der Waals surface area (Å²) < 4.78 is 0. The van der Waals surface area contributed by atoms with Gasteiger partial charge in [0.2, 0.25) is 0 Å². The summed E-state index contributed by atoms with van der Waals surface area (Å²) >= 11 is 5.29. The summed E-state index contributed by atoms with van der Waals surface area (Å²) in [5, 5.41) is 7.36. The lowest BCUT2D eigenvalue weighted by Gasteiger charge is -2.16. The molecule has 0 bridgehead atoms. The fourth-order valence-electron chi connectivity index (χ4n) is 2.26. The molecule has 2 rings (SSSR count). The van der Waals surface area contributed by atoms with Gasteiger partial charge in [-0.3, -0.25) is 4.98 Å². The Hall–Kier alpha value is -1.16. The van der Waals surface area contributed by atoms with Gasteiger partial charge in [0.1, 0.15) is 0 Å². The molecule has 1 aromatic heterocycles. The summed E-state index contributed by atoms with van der Waals surface area (Å²) in [5.41, 5.74) is 1.15. The van der Waals surface area contributed by atoms with Crippen molar-refractivity contribution in [1.29, 1.82) is 0 Å². The number of nitrogens with zero attached hydrogens (tertiary/aromatic N) is 1. The molecule has 0 saturated heterocycles. The first-order valence-corrected chi connectivity index (χ1v) is 6.58. The zero-order chi connectivity index (χ0) is 12.1. The normalized spacial score (nSPS) is 23.4. The predicted molar refractivity (Wildman–Crippen MR) is 73.6 cm³/mol. The van der Waals surface area contributed by atoms with E-state index in [4.69, 9.17) is 12.2 Å². The second kappa shape index (κ2) is 5.96. The van der Waals surface area contributed by atoms with Gasteiger partial charge in [0.25, 0.3) is 0 Å². The number of hydrogen-bond acceptors (Lipinski definition) is 2. The highest BCUT2D eigenvalue weighted by Crippen LogP contribution is 2.24. The van der Waals surface area contributed by atoms with Crippen LogP contribution in [0.1, 0.15) is 31.7 Å². The van der Waals surface area contributed by atoms with E-state index in [0.717, 1.165) is 23.1 Å². The molecule has 1 fully saturated rings. The number of pyridine rings is 1. The summed E-state index contributed by atoms with van der Waals surface area (Å²) in [6.45, 7) is 3.04.